The molecule has 0 saturated heterocycles. The van der Waals surface area contributed by atoms with Gasteiger partial charge >= 0.3 is 0 Å². The number of nitrogens with two attached hydrogens (primary N) is 1. The molecule has 70 valence electrons. The number of aromatic nitrogens is 3. The first kappa shape index (κ1) is 9.17. The van der Waals surface area contributed by atoms with E-state index < -0.39 is 11.8 Å². The molecule has 0 aliphatic rings. The lowest BCUT2D eigenvalue weighted by Crippen LogP contribution is -2.33. The molecule has 0 spiro atoms. The highest BCUT2D eigenvalue weighted by Crippen LogP contribution is 1.89. The Kier molecular flexibility index (Phi) is 2.58. The van der Waals surface area contributed by atoms with Crippen LogP contribution < -0.4 is 11.1 Å². The minimum Gasteiger partial charge on any atom is -0.368 e. The lowest BCUT2D eigenvalue weighted by atomic mass is 10.4. The number of hydrogen-bond donors (Lipinski definition) is 2. The largest absolute Gasteiger partial charge is 0.368 e. The van der Waals surface area contributed by atoms with Crippen LogP contribution in [0.25, 0.3) is 0 Å². The number of primary amides is 1. The van der Waals surface area contributed by atoms with Gasteiger partial charge in [0.1, 0.15) is 0 Å². The first-order valence-corrected chi connectivity index (χ1v) is 3.52. The summed E-state index contributed by atoms with van der Waals surface area (Å²) < 4.78 is 1.39. The summed E-state index contributed by atoms with van der Waals surface area (Å²) in [5.74, 6) is -1.07. The molecule has 1 heterocycles. The summed E-state index contributed by atoms with van der Waals surface area (Å²) in [5.41, 5.74) is 4.99. The number of aryl methyl sites for hydroxylation is 1. The molecule has 0 aliphatic carbocycles. The molecule has 2 amide bonds. The van der Waals surface area contributed by atoms with Crippen molar-refractivity contribution in [2.75, 3.05) is 6.54 Å². The van der Waals surface area contributed by atoms with Crippen LogP contribution in [0.1, 0.15) is 10.5 Å². The Bertz CT molecular complexity index is 332. The zero-order valence-corrected chi connectivity index (χ0v) is 7.02. The van der Waals surface area contributed by atoms with Gasteiger partial charge in [0.25, 0.3) is 5.91 Å². The first-order valence-electron chi connectivity index (χ1n) is 3.52. The summed E-state index contributed by atoms with van der Waals surface area (Å²) >= 11 is 0. The van der Waals surface area contributed by atoms with E-state index in [9.17, 15) is 9.59 Å². The molecule has 0 aliphatic heterocycles. The van der Waals surface area contributed by atoms with E-state index in [1.807, 2.05) is 0 Å². The highest BCUT2D eigenvalue weighted by molar-refractivity contribution is 5.94. The summed E-state index contributed by atoms with van der Waals surface area (Å²) in [7, 11) is 1.64. The maximum absolute atomic E-state index is 11.1. The van der Waals surface area contributed by atoms with E-state index in [0.717, 1.165) is 0 Å². The predicted octanol–water partition coefficient (Wildman–Crippen LogP) is -1.97. The van der Waals surface area contributed by atoms with Gasteiger partial charge in [-0.25, -0.2) is 0 Å². The summed E-state index contributed by atoms with van der Waals surface area (Å²) in [6.45, 7) is -0.199. The Morgan fingerprint density at radius 3 is 2.85 bits per heavy atom. The Morgan fingerprint density at radius 1 is 1.69 bits per heavy atom. The van der Waals surface area contributed by atoms with Gasteiger partial charge in [0, 0.05) is 7.05 Å². The molecule has 7 nitrogen and oxygen atoms in total. The topological polar surface area (TPSA) is 103 Å². The average molecular weight is 183 g/mol. The number of nitrogens with zero attached hydrogens (tertiary/aromatic N) is 3. The molecule has 0 radical (unpaired) electrons. The minimum atomic E-state index is -0.600. The third-order valence-corrected chi connectivity index (χ3v) is 1.26. The number of carbonyl (C=O) groups excluding carboxylic acids is 2. The normalized spacial score (nSPS) is 9.62. The second-order valence-electron chi connectivity index (χ2n) is 2.43. The van der Waals surface area contributed by atoms with Crippen LogP contribution in [0.15, 0.2) is 6.20 Å². The van der Waals surface area contributed by atoms with Crippen molar-refractivity contribution in [1.29, 1.82) is 0 Å². The first-order chi connectivity index (χ1) is 6.09. The van der Waals surface area contributed by atoms with E-state index in [1.54, 1.807) is 7.05 Å². The summed E-state index contributed by atoms with van der Waals surface area (Å²) in [6, 6.07) is 0. The van der Waals surface area contributed by atoms with E-state index >= 15 is 0 Å². The zero-order chi connectivity index (χ0) is 9.84. The van der Waals surface area contributed by atoms with Crippen LogP contribution in [-0.2, 0) is 11.8 Å². The molecule has 7 heteroatoms. The van der Waals surface area contributed by atoms with Crippen LogP contribution in [0, 0.1) is 0 Å². The number of rotatable bonds is 3. The summed E-state index contributed by atoms with van der Waals surface area (Å²) in [5, 5.41) is 9.38. The molecule has 13 heavy (non-hydrogen) atoms. The van der Waals surface area contributed by atoms with E-state index in [4.69, 9.17) is 5.73 Å². The number of carbonyl (C=O) groups is 2. The van der Waals surface area contributed by atoms with Gasteiger partial charge in [-0.1, -0.05) is 5.21 Å². The van der Waals surface area contributed by atoms with E-state index in [2.05, 4.69) is 15.6 Å². The van der Waals surface area contributed by atoms with Crippen LogP contribution >= 0.6 is 0 Å². The third-order valence-electron chi connectivity index (χ3n) is 1.26. The molecule has 0 fully saturated rings. The number of amides is 2. The fourth-order valence-corrected chi connectivity index (χ4v) is 0.709. The Hall–Kier alpha value is -1.92. The monoisotopic (exact) mass is 183 g/mol. The third kappa shape index (κ3) is 2.55. The van der Waals surface area contributed by atoms with Gasteiger partial charge in [0.15, 0.2) is 5.69 Å². The molecule has 0 atom stereocenters. The molecule has 0 bridgehead atoms. The Balaban J connectivity index is 2.54. The maximum Gasteiger partial charge on any atom is 0.273 e. The van der Waals surface area contributed by atoms with Crippen LogP contribution in [-0.4, -0.2) is 33.4 Å². The van der Waals surface area contributed by atoms with Gasteiger partial charge < -0.3 is 11.1 Å². The van der Waals surface area contributed by atoms with Gasteiger partial charge in [-0.15, -0.1) is 5.10 Å². The summed E-state index contributed by atoms with van der Waals surface area (Å²) in [4.78, 5) is 21.4. The van der Waals surface area contributed by atoms with Crippen molar-refractivity contribution < 1.29 is 9.59 Å². The maximum atomic E-state index is 11.1. The number of hydrogen-bond acceptors (Lipinski definition) is 4. The lowest BCUT2D eigenvalue weighted by molar-refractivity contribution is -0.117. The van der Waals surface area contributed by atoms with Crippen molar-refractivity contribution in [2.45, 2.75) is 0 Å². The summed E-state index contributed by atoms with van der Waals surface area (Å²) in [6.07, 6.45) is 1.44. The SMILES string of the molecule is Cn1cc(C(=O)NCC(N)=O)nn1. The smallest absolute Gasteiger partial charge is 0.273 e. The Labute approximate surface area is 73.9 Å². The lowest BCUT2D eigenvalue weighted by Gasteiger charge is -1.96. The van der Waals surface area contributed by atoms with Crippen molar-refractivity contribution in [2.24, 2.45) is 12.8 Å². The van der Waals surface area contributed by atoms with Crippen LogP contribution in [0.2, 0.25) is 0 Å². The van der Waals surface area contributed by atoms with Crippen LogP contribution in [0.4, 0.5) is 0 Å². The highest BCUT2D eigenvalue weighted by atomic mass is 16.2. The molecule has 0 saturated carbocycles. The molecular weight excluding hydrogens is 174 g/mol. The average Bonchev–Trinajstić information content (AvgIpc) is 2.47. The van der Waals surface area contributed by atoms with Gasteiger partial charge in [-0.3, -0.25) is 14.3 Å². The molecule has 3 N–H and O–H groups in total. The van der Waals surface area contributed by atoms with Crippen molar-refractivity contribution in [3.8, 4) is 0 Å². The quantitative estimate of drug-likeness (QED) is 0.567. The second kappa shape index (κ2) is 3.65. The minimum absolute atomic E-state index is 0.156. The highest BCUT2D eigenvalue weighted by Gasteiger charge is 2.09. The molecule has 0 unspecified atom stereocenters. The number of nitrogens with one attached hydrogen (secondary N) is 1. The van der Waals surface area contributed by atoms with Gasteiger partial charge in [-0.05, 0) is 0 Å². The van der Waals surface area contributed by atoms with E-state index in [0.29, 0.717) is 0 Å². The molecule has 1 aromatic heterocycles. The molecular formula is C6H9N5O2. The second-order valence-corrected chi connectivity index (χ2v) is 2.43. The fourth-order valence-electron chi connectivity index (χ4n) is 0.709. The molecule has 1 aromatic rings. The van der Waals surface area contributed by atoms with Crippen molar-refractivity contribution in [3.05, 3.63) is 11.9 Å². The molecule has 1 rings (SSSR count). The van der Waals surface area contributed by atoms with Gasteiger partial charge in [-0.2, -0.15) is 0 Å². The van der Waals surface area contributed by atoms with Gasteiger partial charge in [0.2, 0.25) is 5.91 Å². The Morgan fingerprint density at radius 2 is 2.38 bits per heavy atom. The van der Waals surface area contributed by atoms with Crippen molar-refractivity contribution >= 4 is 11.8 Å². The van der Waals surface area contributed by atoms with Crippen LogP contribution in [0.3, 0.4) is 0 Å². The van der Waals surface area contributed by atoms with E-state index in [1.165, 1.54) is 10.9 Å². The van der Waals surface area contributed by atoms with Crippen molar-refractivity contribution in [3.63, 3.8) is 0 Å². The fraction of sp³-hybridized carbons (Fsp3) is 0.333. The van der Waals surface area contributed by atoms with Crippen molar-refractivity contribution in [1.82, 2.24) is 20.3 Å². The standard InChI is InChI=1S/C6H9N5O2/c1-11-3-4(9-10-11)6(13)8-2-5(7)12/h3H,2H2,1H3,(H2,7,12)(H,8,13). The zero-order valence-electron chi connectivity index (χ0n) is 7.02. The molecule has 0 aromatic carbocycles. The van der Waals surface area contributed by atoms with Crippen LogP contribution in [0.5, 0.6) is 0 Å². The van der Waals surface area contributed by atoms with Gasteiger partial charge in [0.05, 0.1) is 12.7 Å². The predicted molar refractivity (Wildman–Crippen MR) is 42.5 cm³/mol. The van der Waals surface area contributed by atoms with E-state index in [-0.39, 0.29) is 12.2 Å².